The normalized spacial score (nSPS) is 14.8. The molecule has 1 aromatic carbocycles. The smallest absolute Gasteiger partial charge is 0.328 e. The van der Waals surface area contributed by atoms with Gasteiger partial charge in [-0.15, -0.1) is 0 Å². The van der Waals surface area contributed by atoms with Crippen LogP contribution in [-0.4, -0.2) is 69.7 Å². The monoisotopic (exact) mass is 475 g/mol. The zero-order valence-electron chi connectivity index (χ0n) is 19.5. The van der Waals surface area contributed by atoms with Crippen LogP contribution in [0.5, 0.6) is 0 Å². The van der Waals surface area contributed by atoms with Gasteiger partial charge in [-0.1, -0.05) is 32.0 Å². The quantitative estimate of drug-likeness (QED) is 0.218. The van der Waals surface area contributed by atoms with Crippen LogP contribution in [0.1, 0.15) is 32.8 Å². The Morgan fingerprint density at radius 1 is 0.941 bits per heavy atom. The number of nitrogens with one attached hydrogen (secondary N) is 4. The fraction of sp³-hybridized carbons (Fsp3) is 0.478. The zero-order chi connectivity index (χ0) is 25.4. The predicted octanol–water partition coefficient (Wildman–Crippen LogP) is -0.365. The minimum absolute atomic E-state index is 0.0506. The average Bonchev–Trinajstić information content (AvgIpc) is 3.18. The summed E-state index contributed by atoms with van der Waals surface area (Å²) < 4.78 is 0. The summed E-state index contributed by atoms with van der Waals surface area (Å²) in [5.41, 5.74) is 7.18. The standard InChI is InChI=1S/C23H33N5O6/c1-12(2)8-17(26-20(30)13(3)24)21(31)27-18(22(32)28-19(11-29)23(33)34)9-14-10-25-16-7-5-4-6-15(14)16/h4-7,10,12-13,17-19,25,29H,8-9,11,24H2,1-3H3,(H,26,30)(H,27,31)(H,28,32)(H,33,34). The van der Waals surface area contributed by atoms with Crippen LogP contribution in [0.15, 0.2) is 30.5 Å². The number of carboxylic acids is 1. The first-order valence-corrected chi connectivity index (χ1v) is 11.1. The molecule has 3 amide bonds. The number of carbonyl (C=O) groups excluding carboxylic acids is 3. The number of benzene rings is 1. The molecular weight excluding hydrogens is 442 g/mol. The number of para-hydroxylation sites is 1. The number of aromatic nitrogens is 1. The number of nitrogens with two attached hydrogens (primary N) is 1. The molecule has 34 heavy (non-hydrogen) atoms. The molecule has 186 valence electrons. The van der Waals surface area contributed by atoms with Crippen LogP contribution in [0.4, 0.5) is 0 Å². The SMILES string of the molecule is CC(C)CC(NC(=O)C(C)N)C(=O)NC(Cc1c[nH]c2ccccc12)C(=O)NC(CO)C(=O)O. The second-order valence-electron chi connectivity index (χ2n) is 8.69. The van der Waals surface area contributed by atoms with Crippen molar-refractivity contribution in [1.82, 2.24) is 20.9 Å². The number of hydrogen-bond donors (Lipinski definition) is 7. The number of amides is 3. The number of aliphatic carboxylic acids is 1. The molecule has 4 unspecified atom stereocenters. The molecular formula is C23H33N5O6. The first kappa shape index (κ1) is 26.8. The van der Waals surface area contributed by atoms with E-state index < -0.39 is 54.5 Å². The van der Waals surface area contributed by atoms with Crippen LogP contribution in [0.3, 0.4) is 0 Å². The van der Waals surface area contributed by atoms with Gasteiger partial charge in [0.25, 0.3) is 0 Å². The summed E-state index contributed by atoms with van der Waals surface area (Å²) in [7, 11) is 0. The second-order valence-corrected chi connectivity index (χ2v) is 8.69. The molecule has 8 N–H and O–H groups in total. The Kier molecular flexibility index (Phi) is 9.58. The van der Waals surface area contributed by atoms with E-state index in [1.165, 1.54) is 6.92 Å². The van der Waals surface area contributed by atoms with E-state index >= 15 is 0 Å². The summed E-state index contributed by atoms with van der Waals surface area (Å²) in [5.74, 6) is -3.24. The van der Waals surface area contributed by atoms with E-state index in [-0.39, 0.29) is 12.3 Å². The number of aliphatic hydroxyl groups is 1. The molecule has 0 aliphatic rings. The summed E-state index contributed by atoms with van der Waals surface area (Å²) >= 11 is 0. The van der Waals surface area contributed by atoms with Crippen molar-refractivity contribution in [2.24, 2.45) is 11.7 Å². The molecule has 0 spiro atoms. The fourth-order valence-corrected chi connectivity index (χ4v) is 3.47. The lowest BCUT2D eigenvalue weighted by Gasteiger charge is -2.25. The molecule has 0 saturated heterocycles. The average molecular weight is 476 g/mol. The van der Waals surface area contributed by atoms with Gasteiger partial charge < -0.3 is 36.9 Å². The Bertz CT molecular complexity index is 1020. The lowest BCUT2D eigenvalue weighted by Crippen LogP contribution is -2.58. The number of carboxylic acid groups (broad SMARTS) is 1. The van der Waals surface area contributed by atoms with Crippen molar-refractivity contribution in [3.63, 3.8) is 0 Å². The molecule has 0 radical (unpaired) electrons. The van der Waals surface area contributed by atoms with Crippen LogP contribution in [-0.2, 0) is 25.6 Å². The summed E-state index contributed by atoms with van der Waals surface area (Å²) in [6.45, 7) is 4.45. The van der Waals surface area contributed by atoms with Crippen LogP contribution < -0.4 is 21.7 Å². The second kappa shape index (κ2) is 12.1. The number of H-pyrrole nitrogens is 1. The Morgan fingerprint density at radius 2 is 1.53 bits per heavy atom. The number of fused-ring (bicyclic) bond motifs is 1. The first-order chi connectivity index (χ1) is 16.0. The summed E-state index contributed by atoms with van der Waals surface area (Å²) in [4.78, 5) is 52.6. The maximum absolute atomic E-state index is 13.1. The molecule has 4 atom stereocenters. The van der Waals surface area contributed by atoms with Crippen LogP contribution in [0, 0.1) is 5.92 Å². The van der Waals surface area contributed by atoms with E-state index in [0.29, 0.717) is 6.42 Å². The predicted molar refractivity (Wildman–Crippen MR) is 126 cm³/mol. The first-order valence-electron chi connectivity index (χ1n) is 11.1. The van der Waals surface area contributed by atoms with E-state index in [1.54, 1.807) is 6.20 Å². The van der Waals surface area contributed by atoms with Crippen molar-refractivity contribution in [2.45, 2.75) is 57.8 Å². The van der Waals surface area contributed by atoms with Crippen molar-refractivity contribution in [3.8, 4) is 0 Å². The molecule has 11 heteroatoms. The van der Waals surface area contributed by atoms with E-state index in [2.05, 4.69) is 20.9 Å². The van der Waals surface area contributed by atoms with Crippen molar-refractivity contribution in [2.75, 3.05) is 6.61 Å². The summed E-state index contributed by atoms with van der Waals surface area (Å²) in [5, 5.41) is 26.8. The summed E-state index contributed by atoms with van der Waals surface area (Å²) in [6, 6.07) is 2.95. The number of carbonyl (C=O) groups is 4. The van der Waals surface area contributed by atoms with Gasteiger partial charge in [0.05, 0.1) is 12.6 Å². The lowest BCUT2D eigenvalue weighted by molar-refractivity contribution is -0.143. The largest absolute Gasteiger partial charge is 0.480 e. The van der Waals surface area contributed by atoms with E-state index in [4.69, 9.17) is 5.73 Å². The van der Waals surface area contributed by atoms with Gasteiger partial charge in [-0.25, -0.2) is 4.79 Å². The minimum atomic E-state index is -1.53. The molecule has 2 aromatic rings. The van der Waals surface area contributed by atoms with Crippen LogP contribution in [0.25, 0.3) is 10.9 Å². The number of aliphatic hydroxyl groups excluding tert-OH is 1. The third-order valence-corrected chi connectivity index (χ3v) is 5.28. The molecule has 11 nitrogen and oxygen atoms in total. The van der Waals surface area contributed by atoms with Crippen molar-refractivity contribution < 1.29 is 29.4 Å². The van der Waals surface area contributed by atoms with E-state index in [1.807, 2.05) is 38.1 Å². The molecule has 0 fully saturated rings. The Hall–Kier alpha value is -3.44. The highest BCUT2D eigenvalue weighted by Crippen LogP contribution is 2.19. The summed E-state index contributed by atoms with van der Waals surface area (Å²) in [6.07, 6.45) is 2.07. The van der Waals surface area contributed by atoms with Crippen molar-refractivity contribution >= 4 is 34.6 Å². The highest BCUT2D eigenvalue weighted by atomic mass is 16.4. The van der Waals surface area contributed by atoms with Gasteiger partial charge in [-0.2, -0.15) is 0 Å². The fourth-order valence-electron chi connectivity index (χ4n) is 3.47. The minimum Gasteiger partial charge on any atom is -0.480 e. The highest BCUT2D eigenvalue weighted by Gasteiger charge is 2.30. The van der Waals surface area contributed by atoms with Crippen LogP contribution >= 0.6 is 0 Å². The van der Waals surface area contributed by atoms with Crippen molar-refractivity contribution in [1.29, 1.82) is 0 Å². The topological polar surface area (TPSA) is 187 Å². The lowest BCUT2D eigenvalue weighted by atomic mass is 10.0. The van der Waals surface area contributed by atoms with Gasteiger partial charge in [0.15, 0.2) is 0 Å². The molecule has 0 aliphatic carbocycles. The van der Waals surface area contributed by atoms with Crippen LogP contribution in [0.2, 0.25) is 0 Å². The van der Waals surface area contributed by atoms with Gasteiger partial charge in [0.2, 0.25) is 17.7 Å². The number of rotatable bonds is 12. The van der Waals surface area contributed by atoms with Gasteiger partial charge >= 0.3 is 5.97 Å². The van der Waals surface area contributed by atoms with Gasteiger partial charge in [-0.05, 0) is 30.9 Å². The number of hydrogen-bond acceptors (Lipinski definition) is 6. The maximum atomic E-state index is 13.1. The molecule has 0 saturated carbocycles. The van der Waals surface area contributed by atoms with Crippen molar-refractivity contribution in [3.05, 3.63) is 36.0 Å². The number of aromatic amines is 1. The molecule has 2 rings (SSSR count). The Balaban J connectivity index is 2.30. The molecule has 0 bridgehead atoms. The highest BCUT2D eigenvalue weighted by molar-refractivity contribution is 5.94. The molecule has 0 aliphatic heterocycles. The maximum Gasteiger partial charge on any atom is 0.328 e. The molecule has 1 aromatic heterocycles. The van der Waals surface area contributed by atoms with E-state index in [0.717, 1.165) is 16.5 Å². The van der Waals surface area contributed by atoms with Gasteiger partial charge in [0, 0.05) is 23.5 Å². The zero-order valence-corrected chi connectivity index (χ0v) is 19.5. The van der Waals surface area contributed by atoms with Gasteiger partial charge in [0.1, 0.15) is 18.1 Å². The Morgan fingerprint density at radius 3 is 2.12 bits per heavy atom. The third-order valence-electron chi connectivity index (χ3n) is 5.28. The molecule has 1 heterocycles. The third kappa shape index (κ3) is 7.29. The van der Waals surface area contributed by atoms with Gasteiger partial charge in [-0.3, -0.25) is 14.4 Å². The van der Waals surface area contributed by atoms with E-state index in [9.17, 15) is 29.4 Å². The Labute approximate surface area is 197 Å².